The lowest BCUT2D eigenvalue weighted by atomic mass is 9.84. The standard InChI is InChI=1S/C24H18N4O5/c1-33-24-21(27(29)30)10-14(11-22(24)28(31)32)23(17-12-25-19-8-4-2-6-15(17)19)18-13-26-20-9-5-3-7-16(18)20/h2-13,23,25-26H,1H3. The van der Waals surface area contributed by atoms with E-state index in [0.29, 0.717) is 5.56 Å². The van der Waals surface area contributed by atoms with Crippen molar-refractivity contribution >= 4 is 33.2 Å². The second kappa shape index (κ2) is 7.79. The molecule has 0 fully saturated rings. The summed E-state index contributed by atoms with van der Waals surface area (Å²) < 4.78 is 5.06. The third-order valence-electron chi connectivity index (χ3n) is 5.87. The van der Waals surface area contributed by atoms with E-state index in [1.54, 1.807) is 0 Å². The van der Waals surface area contributed by atoms with Gasteiger partial charge in [0.05, 0.1) is 17.0 Å². The first-order valence-corrected chi connectivity index (χ1v) is 10.1. The van der Waals surface area contributed by atoms with Gasteiger partial charge in [0.2, 0.25) is 0 Å². The molecule has 164 valence electrons. The zero-order valence-electron chi connectivity index (χ0n) is 17.4. The van der Waals surface area contributed by atoms with Crippen LogP contribution < -0.4 is 4.74 Å². The Morgan fingerprint density at radius 2 is 1.24 bits per heavy atom. The van der Waals surface area contributed by atoms with Gasteiger partial charge >= 0.3 is 11.4 Å². The molecule has 0 bridgehead atoms. The molecule has 2 N–H and O–H groups in total. The van der Waals surface area contributed by atoms with Crippen LogP contribution in [0, 0.1) is 20.2 Å². The molecule has 9 heteroatoms. The molecule has 0 saturated carbocycles. The number of rotatable bonds is 6. The average molecular weight is 442 g/mol. The lowest BCUT2D eigenvalue weighted by molar-refractivity contribution is -0.395. The second-order valence-electron chi connectivity index (χ2n) is 7.62. The van der Waals surface area contributed by atoms with Crippen LogP contribution in [0.1, 0.15) is 22.6 Å². The van der Waals surface area contributed by atoms with Gasteiger partial charge < -0.3 is 14.7 Å². The quantitative estimate of drug-likeness (QED) is 0.259. The fraction of sp³-hybridized carbons (Fsp3) is 0.0833. The van der Waals surface area contributed by atoms with E-state index in [0.717, 1.165) is 32.9 Å². The Hall–Kier alpha value is -4.66. The smallest absolute Gasteiger partial charge is 0.318 e. The minimum absolute atomic E-state index is 0.370. The molecule has 2 aromatic heterocycles. The van der Waals surface area contributed by atoms with Crippen molar-refractivity contribution in [3.63, 3.8) is 0 Å². The molecule has 2 heterocycles. The van der Waals surface area contributed by atoms with Crippen LogP contribution in [0.5, 0.6) is 5.75 Å². The van der Waals surface area contributed by atoms with Crippen LogP contribution in [0.2, 0.25) is 0 Å². The van der Waals surface area contributed by atoms with Crippen molar-refractivity contribution in [2.45, 2.75) is 5.92 Å². The van der Waals surface area contributed by atoms with E-state index < -0.39 is 27.1 Å². The van der Waals surface area contributed by atoms with Crippen LogP contribution in [-0.4, -0.2) is 26.9 Å². The van der Waals surface area contributed by atoms with Gasteiger partial charge in [0.25, 0.3) is 5.75 Å². The number of nitro groups is 2. The van der Waals surface area contributed by atoms with Crippen molar-refractivity contribution in [3.05, 3.63) is 110 Å². The van der Waals surface area contributed by atoms with Crippen LogP contribution >= 0.6 is 0 Å². The lowest BCUT2D eigenvalue weighted by Crippen LogP contribution is -2.06. The van der Waals surface area contributed by atoms with Gasteiger partial charge in [-0.25, -0.2) is 0 Å². The number of nitro benzene ring substituents is 2. The molecule has 9 nitrogen and oxygen atoms in total. The first-order valence-electron chi connectivity index (χ1n) is 10.1. The molecule has 0 aliphatic carbocycles. The number of nitrogens with zero attached hydrogens (tertiary/aromatic N) is 2. The van der Waals surface area contributed by atoms with E-state index in [9.17, 15) is 20.2 Å². The molecule has 5 aromatic rings. The number of hydrogen-bond acceptors (Lipinski definition) is 5. The molecule has 33 heavy (non-hydrogen) atoms. The fourth-order valence-electron chi connectivity index (χ4n) is 4.46. The molecular weight excluding hydrogens is 424 g/mol. The summed E-state index contributed by atoms with van der Waals surface area (Å²) in [5.74, 6) is -0.883. The maximum absolute atomic E-state index is 11.8. The summed E-state index contributed by atoms with van der Waals surface area (Å²) in [6.07, 6.45) is 3.69. The van der Waals surface area contributed by atoms with Crippen LogP contribution in [0.4, 0.5) is 11.4 Å². The molecule has 0 radical (unpaired) electrons. The Morgan fingerprint density at radius 1 is 0.788 bits per heavy atom. The summed E-state index contributed by atoms with van der Waals surface area (Å²) in [5, 5.41) is 25.5. The van der Waals surface area contributed by atoms with Crippen LogP contribution in [-0.2, 0) is 0 Å². The van der Waals surface area contributed by atoms with Crippen molar-refractivity contribution in [1.82, 2.24) is 9.97 Å². The largest absolute Gasteiger partial charge is 0.485 e. The SMILES string of the molecule is COc1c([N+](=O)[O-])cc(C(c2c[nH]c3ccccc23)c2c[nH]c3ccccc23)cc1[N+](=O)[O-]. The van der Waals surface area contributed by atoms with E-state index in [-0.39, 0.29) is 5.75 Å². The van der Waals surface area contributed by atoms with Crippen LogP contribution in [0.25, 0.3) is 21.8 Å². The summed E-state index contributed by atoms with van der Waals surface area (Å²) in [7, 11) is 1.19. The summed E-state index contributed by atoms with van der Waals surface area (Å²) in [6, 6.07) is 18.1. The highest BCUT2D eigenvalue weighted by Gasteiger charge is 2.32. The van der Waals surface area contributed by atoms with Crippen LogP contribution in [0.3, 0.4) is 0 Å². The van der Waals surface area contributed by atoms with Crippen molar-refractivity contribution in [1.29, 1.82) is 0 Å². The third-order valence-corrected chi connectivity index (χ3v) is 5.87. The van der Waals surface area contributed by atoms with Gasteiger partial charge in [-0.05, 0) is 28.8 Å². The predicted molar refractivity (Wildman–Crippen MR) is 124 cm³/mol. The number of H-pyrrole nitrogens is 2. The van der Waals surface area contributed by atoms with Gasteiger partial charge in [-0.15, -0.1) is 0 Å². The Balaban J connectivity index is 1.86. The summed E-state index contributed by atoms with van der Waals surface area (Å²) in [4.78, 5) is 28.8. The minimum atomic E-state index is -0.656. The Bertz CT molecular complexity index is 1430. The van der Waals surface area contributed by atoms with Crippen molar-refractivity contribution in [3.8, 4) is 5.75 Å². The zero-order chi connectivity index (χ0) is 23.1. The molecule has 0 atom stereocenters. The lowest BCUT2D eigenvalue weighted by Gasteiger charge is -2.18. The van der Waals surface area contributed by atoms with Crippen LogP contribution in [0.15, 0.2) is 73.1 Å². The minimum Gasteiger partial charge on any atom is -0.485 e. The monoisotopic (exact) mass is 442 g/mol. The van der Waals surface area contributed by atoms with Gasteiger partial charge in [0.15, 0.2) is 0 Å². The Kier molecular flexibility index (Phi) is 4.78. The maximum Gasteiger partial charge on any atom is 0.318 e. The number of benzene rings is 3. The fourth-order valence-corrected chi connectivity index (χ4v) is 4.46. The van der Waals surface area contributed by atoms with E-state index in [1.807, 2.05) is 60.9 Å². The van der Waals surface area contributed by atoms with E-state index in [4.69, 9.17) is 4.74 Å². The van der Waals surface area contributed by atoms with Gasteiger partial charge in [-0.1, -0.05) is 36.4 Å². The first kappa shape index (κ1) is 20.3. The summed E-state index contributed by atoms with van der Waals surface area (Å²) >= 11 is 0. The molecule has 3 aromatic carbocycles. The number of aromatic amines is 2. The van der Waals surface area contributed by atoms with Gasteiger partial charge in [-0.3, -0.25) is 20.2 Å². The second-order valence-corrected chi connectivity index (χ2v) is 7.62. The predicted octanol–water partition coefficient (Wildman–Crippen LogP) is 5.65. The summed E-state index contributed by atoms with van der Waals surface area (Å²) in [5.41, 5.74) is 3.01. The topological polar surface area (TPSA) is 127 Å². The molecule has 0 amide bonds. The highest BCUT2D eigenvalue weighted by atomic mass is 16.6. The highest BCUT2D eigenvalue weighted by molar-refractivity contribution is 5.89. The third kappa shape index (κ3) is 3.26. The van der Waals surface area contributed by atoms with E-state index >= 15 is 0 Å². The average Bonchev–Trinajstić information content (AvgIpc) is 3.44. The molecule has 5 rings (SSSR count). The van der Waals surface area contributed by atoms with E-state index in [1.165, 1.54) is 19.2 Å². The molecule has 0 aliphatic rings. The van der Waals surface area contributed by atoms with Gasteiger partial charge in [-0.2, -0.15) is 0 Å². The van der Waals surface area contributed by atoms with E-state index in [2.05, 4.69) is 9.97 Å². The molecule has 0 saturated heterocycles. The van der Waals surface area contributed by atoms with Crippen molar-refractivity contribution < 1.29 is 14.6 Å². The number of para-hydroxylation sites is 2. The van der Waals surface area contributed by atoms with Gasteiger partial charge in [0.1, 0.15) is 0 Å². The number of aromatic nitrogens is 2. The number of methoxy groups -OCH3 is 1. The molecule has 0 spiro atoms. The number of ether oxygens (including phenoxy) is 1. The number of hydrogen-bond donors (Lipinski definition) is 2. The molecular formula is C24H18N4O5. The Labute approximate surface area is 186 Å². The molecule has 0 aliphatic heterocycles. The zero-order valence-corrected chi connectivity index (χ0v) is 17.4. The Morgan fingerprint density at radius 3 is 1.67 bits per heavy atom. The summed E-state index contributed by atoms with van der Waals surface area (Å²) in [6.45, 7) is 0. The number of nitrogens with one attached hydrogen (secondary N) is 2. The normalized spacial score (nSPS) is 11.3. The van der Waals surface area contributed by atoms with Crippen molar-refractivity contribution in [2.24, 2.45) is 0 Å². The van der Waals surface area contributed by atoms with Crippen molar-refractivity contribution in [2.75, 3.05) is 7.11 Å². The highest BCUT2D eigenvalue weighted by Crippen LogP contribution is 2.45. The van der Waals surface area contributed by atoms with Gasteiger partial charge in [0, 0.05) is 52.3 Å². The first-order chi connectivity index (χ1) is 16.0. The number of fused-ring (bicyclic) bond motifs is 2. The molecule has 0 unspecified atom stereocenters. The maximum atomic E-state index is 11.8.